The number of rotatable bonds is 6. The Kier molecular flexibility index (Phi) is 6.82. The Morgan fingerprint density at radius 3 is 2.39 bits per heavy atom. The molecule has 1 heterocycles. The second-order valence-electron chi connectivity index (χ2n) is 7.31. The minimum Gasteiger partial charge on any atom is -0.466 e. The summed E-state index contributed by atoms with van der Waals surface area (Å²) in [5, 5.41) is 3.11. The standard InChI is InChI=1S/C23H28N2O3/c1-3-28-23(27)19-13-15-25(16-14-19)17(2)22(26)24-21-12-8-7-11-20(21)18-9-5-4-6-10-18/h4-12,17,19H,3,13-16H2,1-2H3,(H,24,26)/p+1/t17-/m1/s1. The molecular formula is C23H29N2O3+. The first kappa shape index (κ1) is 20.1. The molecule has 1 aliphatic heterocycles. The summed E-state index contributed by atoms with van der Waals surface area (Å²) < 4.78 is 5.13. The minimum atomic E-state index is -0.174. The van der Waals surface area contributed by atoms with Gasteiger partial charge in [0.2, 0.25) is 0 Å². The van der Waals surface area contributed by atoms with Crippen LogP contribution in [-0.4, -0.2) is 37.6 Å². The zero-order valence-corrected chi connectivity index (χ0v) is 16.6. The van der Waals surface area contributed by atoms with Crippen LogP contribution in [0.1, 0.15) is 26.7 Å². The molecule has 3 rings (SSSR count). The third-order valence-corrected chi connectivity index (χ3v) is 5.52. The molecule has 0 unspecified atom stereocenters. The van der Waals surface area contributed by atoms with Crippen LogP contribution in [0.15, 0.2) is 54.6 Å². The molecule has 0 saturated carbocycles. The number of para-hydroxylation sites is 1. The highest BCUT2D eigenvalue weighted by atomic mass is 16.5. The number of quaternary nitrogens is 1. The Labute approximate surface area is 166 Å². The van der Waals surface area contributed by atoms with Crippen LogP contribution in [0.5, 0.6) is 0 Å². The number of nitrogens with one attached hydrogen (secondary N) is 2. The van der Waals surface area contributed by atoms with E-state index in [1.807, 2.05) is 68.4 Å². The molecule has 1 atom stereocenters. The lowest BCUT2D eigenvalue weighted by Crippen LogP contribution is -3.17. The molecule has 1 aliphatic rings. The summed E-state index contributed by atoms with van der Waals surface area (Å²) in [6.45, 7) is 5.82. The van der Waals surface area contributed by atoms with Crippen LogP contribution < -0.4 is 10.2 Å². The highest BCUT2D eigenvalue weighted by Gasteiger charge is 2.33. The number of amides is 1. The number of piperidine rings is 1. The van der Waals surface area contributed by atoms with E-state index in [4.69, 9.17) is 4.74 Å². The second kappa shape index (κ2) is 9.51. The van der Waals surface area contributed by atoms with Gasteiger partial charge >= 0.3 is 5.97 Å². The fraction of sp³-hybridized carbons (Fsp3) is 0.391. The normalized spacial score (nSPS) is 20.2. The smallest absolute Gasteiger partial charge is 0.309 e. The lowest BCUT2D eigenvalue weighted by molar-refractivity contribution is -0.919. The van der Waals surface area contributed by atoms with Gasteiger partial charge in [0.15, 0.2) is 6.04 Å². The largest absolute Gasteiger partial charge is 0.466 e. The third kappa shape index (κ3) is 4.78. The number of hydrogen-bond acceptors (Lipinski definition) is 3. The number of likely N-dealkylation sites (tertiary alicyclic amines) is 1. The number of carbonyl (C=O) groups is 2. The molecule has 1 amide bonds. The summed E-state index contributed by atoms with van der Waals surface area (Å²) in [7, 11) is 0. The lowest BCUT2D eigenvalue weighted by atomic mass is 9.96. The fourth-order valence-corrected chi connectivity index (χ4v) is 3.81. The number of esters is 1. The van der Waals surface area contributed by atoms with Gasteiger partial charge in [0.25, 0.3) is 5.91 Å². The maximum Gasteiger partial charge on any atom is 0.309 e. The summed E-state index contributed by atoms with van der Waals surface area (Å²) in [6, 6.07) is 17.8. The molecule has 148 valence electrons. The predicted molar refractivity (Wildman–Crippen MR) is 110 cm³/mol. The van der Waals surface area contributed by atoms with Crippen molar-refractivity contribution < 1.29 is 19.2 Å². The van der Waals surface area contributed by atoms with Gasteiger partial charge in [0.05, 0.1) is 25.6 Å². The topological polar surface area (TPSA) is 59.8 Å². The van der Waals surface area contributed by atoms with Crippen molar-refractivity contribution in [3.8, 4) is 11.1 Å². The van der Waals surface area contributed by atoms with Crippen molar-refractivity contribution >= 4 is 17.6 Å². The number of benzene rings is 2. The third-order valence-electron chi connectivity index (χ3n) is 5.52. The fourth-order valence-electron chi connectivity index (χ4n) is 3.81. The van der Waals surface area contributed by atoms with Gasteiger partial charge in [-0.25, -0.2) is 0 Å². The number of carbonyl (C=O) groups excluding carboxylic acids is 2. The van der Waals surface area contributed by atoms with Crippen molar-refractivity contribution in [1.82, 2.24) is 0 Å². The van der Waals surface area contributed by atoms with E-state index in [1.165, 1.54) is 4.90 Å². The van der Waals surface area contributed by atoms with E-state index in [0.29, 0.717) is 6.61 Å². The lowest BCUT2D eigenvalue weighted by Gasteiger charge is -2.31. The van der Waals surface area contributed by atoms with Crippen molar-refractivity contribution in [2.24, 2.45) is 5.92 Å². The van der Waals surface area contributed by atoms with Crippen LogP contribution in [0, 0.1) is 5.92 Å². The first-order valence-electron chi connectivity index (χ1n) is 10.1. The maximum absolute atomic E-state index is 12.9. The average Bonchev–Trinajstić information content (AvgIpc) is 2.74. The van der Waals surface area contributed by atoms with Gasteiger partial charge in [-0.2, -0.15) is 0 Å². The van der Waals surface area contributed by atoms with Crippen molar-refractivity contribution in [2.45, 2.75) is 32.7 Å². The summed E-state index contributed by atoms with van der Waals surface area (Å²) in [6.07, 6.45) is 1.54. The van der Waals surface area contributed by atoms with E-state index in [-0.39, 0.29) is 23.8 Å². The molecule has 1 fully saturated rings. The molecule has 28 heavy (non-hydrogen) atoms. The van der Waals surface area contributed by atoms with E-state index in [0.717, 1.165) is 42.7 Å². The molecule has 0 spiro atoms. The van der Waals surface area contributed by atoms with Gasteiger partial charge in [-0.05, 0) is 25.5 Å². The molecule has 0 aromatic heterocycles. The van der Waals surface area contributed by atoms with Crippen LogP contribution in [0.4, 0.5) is 5.69 Å². The van der Waals surface area contributed by atoms with E-state index >= 15 is 0 Å². The monoisotopic (exact) mass is 381 g/mol. The SMILES string of the molecule is CCOC(=O)C1CC[NH+]([C@H](C)C(=O)Nc2ccccc2-c2ccccc2)CC1. The molecule has 1 saturated heterocycles. The van der Waals surface area contributed by atoms with E-state index in [2.05, 4.69) is 5.32 Å². The summed E-state index contributed by atoms with van der Waals surface area (Å²) in [5.74, 6) is -0.124. The Balaban J connectivity index is 1.62. The Morgan fingerprint density at radius 2 is 1.71 bits per heavy atom. The van der Waals surface area contributed by atoms with E-state index in [9.17, 15) is 9.59 Å². The van der Waals surface area contributed by atoms with Crippen LogP contribution in [-0.2, 0) is 14.3 Å². The van der Waals surface area contributed by atoms with Crippen molar-refractivity contribution in [2.75, 3.05) is 25.0 Å². The van der Waals surface area contributed by atoms with Gasteiger partial charge in [-0.3, -0.25) is 9.59 Å². The number of ether oxygens (including phenoxy) is 1. The number of anilines is 1. The first-order chi connectivity index (χ1) is 13.6. The molecule has 5 heteroatoms. The van der Waals surface area contributed by atoms with Gasteiger partial charge in [0, 0.05) is 24.1 Å². The first-order valence-corrected chi connectivity index (χ1v) is 10.1. The molecular weight excluding hydrogens is 352 g/mol. The maximum atomic E-state index is 12.9. The number of hydrogen-bond donors (Lipinski definition) is 2. The average molecular weight is 381 g/mol. The predicted octanol–water partition coefficient (Wildman–Crippen LogP) is 2.54. The van der Waals surface area contributed by atoms with E-state index < -0.39 is 0 Å². The molecule has 5 nitrogen and oxygen atoms in total. The highest BCUT2D eigenvalue weighted by molar-refractivity contribution is 5.97. The summed E-state index contributed by atoms with van der Waals surface area (Å²) in [5.41, 5.74) is 2.92. The Hall–Kier alpha value is -2.66. The Morgan fingerprint density at radius 1 is 1.07 bits per heavy atom. The molecule has 0 bridgehead atoms. The van der Waals surface area contributed by atoms with Crippen molar-refractivity contribution in [3.63, 3.8) is 0 Å². The van der Waals surface area contributed by atoms with Gasteiger partial charge < -0.3 is 15.0 Å². The van der Waals surface area contributed by atoms with E-state index in [1.54, 1.807) is 0 Å². The van der Waals surface area contributed by atoms with Crippen molar-refractivity contribution in [3.05, 3.63) is 54.6 Å². The highest BCUT2D eigenvalue weighted by Crippen LogP contribution is 2.27. The van der Waals surface area contributed by atoms with Gasteiger partial charge in [0.1, 0.15) is 0 Å². The van der Waals surface area contributed by atoms with Crippen LogP contribution in [0.25, 0.3) is 11.1 Å². The summed E-state index contributed by atoms with van der Waals surface area (Å²) >= 11 is 0. The molecule has 2 N–H and O–H groups in total. The Bertz CT molecular complexity index is 799. The molecule has 2 aromatic rings. The molecule has 0 aliphatic carbocycles. The second-order valence-corrected chi connectivity index (χ2v) is 7.31. The minimum absolute atomic E-state index is 0.00738. The quantitative estimate of drug-likeness (QED) is 0.756. The zero-order valence-electron chi connectivity index (χ0n) is 16.6. The van der Waals surface area contributed by atoms with Crippen LogP contribution in [0.3, 0.4) is 0 Å². The van der Waals surface area contributed by atoms with Gasteiger partial charge in [-0.15, -0.1) is 0 Å². The molecule has 0 radical (unpaired) electrons. The van der Waals surface area contributed by atoms with Gasteiger partial charge in [-0.1, -0.05) is 48.5 Å². The van der Waals surface area contributed by atoms with Crippen LogP contribution in [0.2, 0.25) is 0 Å². The zero-order chi connectivity index (χ0) is 19.9. The molecule has 2 aromatic carbocycles. The van der Waals surface area contributed by atoms with Crippen LogP contribution >= 0.6 is 0 Å². The van der Waals surface area contributed by atoms with Crippen molar-refractivity contribution in [1.29, 1.82) is 0 Å². The summed E-state index contributed by atoms with van der Waals surface area (Å²) in [4.78, 5) is 26.0.